The highest BCUT2D eigenvalue weighted by atomic mass is 16.5. The van der Waals surface area contributed by atoms with Crippen molar-refractivity contribution in [1.29, 1.82) is 0 Å². The molecule has 0 aliphatic carbocycles. The quantitative estimate of drug-likeness (QED) is 0.656. The minimum atomic E-state index is 0.448. The Kier molecular flexibility index (Phi) is 5.62. The summed E-state index contributed by atoms with van der Waals surface area (Å²) in [5.74, 6) is 0. The van der Waals surface area contributed by atoms with Crippen LogP contribution in [0, 0.1) is 5.41 Å². The van der Waals surface area contributed by atoms with Gasteiger partial charge >= 0.3 is 0 Å². The Morgan fingerprint density at radius 2 is 2.20 bits per heavy atom. The van der Waals surface area contributed by atoms with Crippen molar-refractivity contribution in [3.63, 3.8) is 0 Å². The van der Waals surface area contributed by atoms with E-state index in [9.17, 15) is 0 Å². The smallest absolute Gasteiger partial charge is 0.0576 e. The first kappa shape index (κ1) is 13.0. The Hall–Kier alpha value is -0.0800. The molecule has 0 bridgehead atoms. The van der Waals surface area contributed by atoms with Crippen molar-refractivity contribution in [2.24, 2.45) is 5.41 Å². The van der Waals surface area contributed by atoms with E-state index in [1.807, 2.05) is 0 Å². The fraction of sp³-hybridized carbons (Fsp3) is 1.00. The van der Waals surface area contributed by atoms with Crippen LogP contribution in [0.4, 0.5) is 0 Å². The van der Waals surface area contributed by atoms with E-state index in [0.29, 0.717) is 11.5 Å². The van der Waals surface area contributed by atoms with E-state index in [1.165, 1.54) is 32.1 Å². The van der Waals surface area contributed by atoms with E-state index in [2.05, 4.69) is 26.1 Å². The van der Waals surface area contributed by atoms with Crippen LogP contribution in [-0.2, 0) is 4.74 Å². The molecule has 1 N–H and O–H groups in total. The third-order valence-electron chi connectivity index (χ3n) is 3.46. The summed E-state index contributed by atoms with van der Waals surface area (Å²) < 4.78 is 5.59. The Morgan fingerprint density at radius 3 is 2.80 bits per heavy atom. The molecule has 0 aromatic rings. The largest absolute Gasteiger partial charge is 0.378 e. The third-order valence-corrected chi connectivity index (χ3v) is 3.46. The summed E-state index contributed by atoms with van der Waals surface area (Å²) in [6.07, 6.45) is 6.84. The lowest BCUT2D eigenvalue weighted by Gasteiger charge is -2.23. The summed E-state index contributed by atoms with van der Waals surface area (Å²) in [6, 6.07) is 0. The van der Waals surface area contributed by atoms with E-state index in [4.69, 9.17) is 4.74 Å². The summed E-state index contributed by atoms with van der Waals surface area (Å²) in [4.78, 5) is 0. The molecule has 1 atom stereocenters. The molecule has 1 fully saturated rings. The van der Waals surface area contributed by atoms with Gasteiger partial charge in [-0.1, -0.05) is 20.8 Å². The summed E-state index contributed by atoms with van der Waals surface area (Å²) in [6.45, 7) is 10.2. The van der Waals surface area contributed by atoms with Gasteiger partial charge in [-0.25, -0.2) is 0 Å². The van der Waals surface area contributed by atoms with Crippen molar-refractivity contribution >= 4 is 0 Å². The van der Waals surface area contributed by atoms with Crippen LogP contribution in [0.25, 0.3) is 0 Å². The molecule has 1 saturated heterocycles. The molecular formula is C13H27NO. The highest BCUT2D eigenvalue weighted by molar-refractivity contribution is 4.70. The molecule has 0 aromatic heterocycles. The first-order chi connectivity index (χ1) is 7.14. The van der Waals surface area contributed by atoms with Crippen molar-refractivity contribution in [3.8, 4) is 0 Å². The van der Waals surface area contributed by atoms with E-state index >= 15 is 0 Å². The molecule has 1 heterocycles. The molecule has 2 heteroatoms. The average molecular weight is 213 g/mol. The van der Waals surface area contributed by atoms with Crippen LogP contribution in [0.1, 0.15) is 52.9 Å². The van der Waals surface area contributed by atoms with Crippen LogP contribution in [0.15, 0.2) is 0 Å². The molecule has 0 radical (unpaired) electrons. The van der Waals surface area contributed by atoms with Crippen molar-refractivity contribution in [2.45, 2.75) is 59.0 Å². The number of hydrogen-bond acceptors (Lipinski definition) is 2. The number of ether oxygens (including phenoxy) is 1. The van der Waals surface area contributed by atoms with Gasteiger partial charge in [0.25, 0.3) is 0 Å². The van der Waals surface area contributed by atoms with Gasteiger partial charge in [0.1, 0.15) is 0 Å². The molecule has 0 spiro atoms. The molecule has 15 heavy (non-hydrogen) atoms. The fourth-order valence-corrected chi connectivity index (χ4v) is 1.88. The maximum atomic E-state index is 5.59. The van der Waals surface area contributed by atoms with Gasteiger partial charge in [0.15, 0.2) is 0 Å². The summed E-state index contributed by atoms with van der Waals surface area (Å²) in [5, 5.41) is 3.54. The van der Waals surface area contributed by atoms with Crippen LogP contribution in [0.2, 0.25) is 0 Å². The van der Waals surface area contributed by atoms with Gasteiger partial charge in [-0.05, 0) is 44.1 Å². The highest BCUT2D eigenvalue weighted by Crippen LogP contribution is 2.18. The monoisotopic (exact) mass is 213 g/mol. The minimum Gasteiger partial charge on any atom is -0.378 e. The molecule has 2 nitrogen and oxygen atoms in total. The SMILES string of the molecule is CCC(C)(C)CNCCCC1CCCO1. The normalized spacial score (nSPS) is 22.2. The second kappa shape index (κ2) is 6.49. The van der Waals surface area contributed by atoms with Gasteiger partial charge < -0.3 is 10.1 Å². The van der Waals surface area contributed by atoms with E-state index in [0.717, 1.165) is 19.7 Å². The molecule has 1 aliphatic rings. The lowest BCUT2D eigenvalue weighted by molar-refractivity contribution is 0.102. The maximum absolute atomic E-state index is 5.59. The van der Waals surface area contributed by atoms with Crippen LogP contribution in [0.5, 0.6) is 0 Å². The molecule has 1 rings (SSSR count). The molecule has 0 aromatic carbocycles. The first-order valence-corrected chi connectivity index (χ1v) is 6.46. The average Bonchev–Trinajstić information content (AvgIpc) is 2.70. The van der Waals surface area contributed by atoms with Crippen molar-refractivity contribution in [2.75, 3.05) is 19.7 Å². The Balaban J connectivity index is 1.92. The predicted molar refractivity (Wildman–Crippen MR) is 65.1 cm³/mol. The first-order valence-electron chi connectivity index (χ1n) is 6.46. The Labute approximate surface area is 94.8 Å². The number of hydrogen-bond donors (Lipinski definition) is 1. The van der Waals surface area contributed by atoms with Gasteiger partial charge in [-0.15, -0.1) is 0 Å². The van der Waals surface area contributed by atoms with E-state index < -0.39 is 0 Å². The zero-order chi connectivity index (χ0) is 11.1. The van der Waals surface area contributed by atoms with Crippen molar-refractivity contribution < 1.29 is 4.74 Å². The van der Waals surface area contributed by atoms with Crippen LogP contribution in [0.3, 0.4) is 0 Å². The summed E-state index contributed by atoms with van der Waals surface area (Å²) in [7, 11) is 0. The van der Waals surface area contributed by atoms with Crippen LogP contribution in [-0.4, -0.2) is 25.8 Å². The van der Waals surface area contributed by atoms with Gasteiger partial charge in [-0.3, -0.25) is 0 Å². The molecule has 90 valence electrons. The lowest BCUT2D eigenvalue weighted by atomic mass is 9.90. The Bertz CT molecular complexity index is 162. The fourth-order valence-electron chi connectivity index (χ4n) is 1.88. The molecule has 0 saturated carbocycles. The summed E-state index contributed by atoms with van der Waals surface area (Å²) >= 11 is 0. The van der Waals surface area contributed by atoms with Gasteiger partial charge in [0.05, 0.1) is 6.10 Å². The van der Waals surface area contributed by atoms with Crippen molar-refractivity contribution in [3.05, 3.63) is 0 Å². The summed E-state index contributed by atoms with van der Waals surface area (Å²) in [5.41, 5.74) is 0.448. The van der Waals surface area contributed by atoms with E-state index in [1.54, 1.807) is 0 Å². The molecular weight excluding hydrogens is 186 g/mol. The maximum Gasteiger partial charge on any atom is 0.0576 e. The zero-order valence-electron chi connectivity index (χ0n) is 10.6. The standard InChI is InChI=1S/C13H27NO/c1-4-13(2,3)11-14-9-5-7-12-8-6-10-15-12/h12,14H,4-11H2,1-3H3. The van der Waals surface area contributed by atoms with Gasteiger partial charge in [-0.2, -0.15) is 0 Å². The van der Waals surface area contributed by atoms with Gasteiger partial charge in [0.2, 0.25) is 0 Å². The topological polar surface area (TPSA) is 21.3 Å². The predicted octanol–water partition coefficient (Wildman–Crippen LogP) is 2.97. The Morgan fingerprint density at radius 1 is 1.40 bits per heavy atom. The molecule has 1 aliphatic heterocycles. The van der Waals surface area contributed by atoms with Crippen molar-refractivity contribution in [1.82, 2.24) is 5.32 Å². The number of rotatable bonds is 7. The van der Waals surface area contributed by atoms with Crippen LogP contribution >= 0.6 is 0 Å². The second-order valence-corrected chi connectivity index (χ2v) is 5.47. The van der Waals surface area contributed by atoms with Crippen LogP contribution < -0.4 is 5.32 Å². The van der Waals surface area contributed by atoms with E-state index in [-0.39, 0.29) is 0 Å². The van der Waals surface area contributed by atoms with Gasteiger partial charge in [0, 0.05) is 13.2 Å². The molecule has 1 unspecified atom stereocenters. The number of nitrogens with one attached hydrogen (secondary N) is 1. The highest BCUT2D eigenvalue weighted by Gasteiger charge is 2.16. The molecule has 0 amide bonds. The second-order valence-electron chi connectivity index (χ2n) is 5.47. The minimum absolute atomic E-state index is 0.448. The lowest BCUT2D eigenvalue weighted by Crippen LogP contribution is -2.29. The third kappa shape index (κ3) is 5.53. The zero-order valence-corrected chi connectivity index (χ0v) is 10.6.